The molecule has 2 N–H and O–H groups in total. The van der Waals surface area contributed by atoms with E-state index in [4.69, 9.17) is 0 Å². The summed E-state index contributed by atoms with van der Waals surface area (Å²) < 4.78 is 0. The van der Waals surface area contributed by atoms with Gasteiger partial charge in [-0.25, -0.2) is 0 Å². The van der Waals surface area contributed by atoms with Crippen molar-refractivity contribution in [3.05, 3.63) is 35.5 Å². The molecule has 2 aromatic rings. The van der Waals surface area contributed by atoms with Crippen LogP contribution in [-0.4, -0.2) is 21.7 Å². The fourth-order valence-corrected chi connectivity index (χ4v) is 2.15. The number of anilines is 3. The largest absolute Gasteiger partial charge is 0.369 e. The van der Waals surface area contributed by atoms with Crippen LogP contribution < -0.4 is 10.6 Å². The van der Waals surface area contributed by atoms with Crippen LogP contribution in [0.25, 0.3) is 0 Å². The Morgan fingerprint density at radius 2 is 2.05 bits per heavy atom. The molecule has 1 aromatic carbocycles. The van der Waals surface area contributed by atoms with Gasteiger partial charge in [0.15, 0.2) is 5.82 Å². The molecule has 112 valence electrons. The number of benzene rings is 1. The zero-order chi connectivity index (χ0) is 15.1. The van der Waals surface area contributed by atoms with E-state index in [0.717, 1.165) is 37.3 Å². The van der Waals surface area contributed by atoms with Gasteiger partial charge in [-0.15, -0.1) is 5.10 Å². The summed E-state index contributed by atoms with van der Waals surface area (Å²) in [5, 5.41) is 14.6. The Morgan fingerprint density at radius 3 is 2.81 bits per heavy atom. The second-order valence-corrected chi connectivity index (χ2v) is 5.03. The van der Waals surface area contributed by atoms with Crippen molar-refractivity contribution in [1.29, 1.82) is 0 Å². The maximum atomic E-state index is 4.46. The zero-order valence-electron chi connectivity index (χ0n) is 13.0. The standard InChI is InChI=1S/C16H23N5/c1-4-6-10-17-14-11-18-21-16(19-14)20-15-12(3)8-7-9-13(15)5-2/h7-9,11H,4-6,10H2,1-3H3,(H2,17,19,20,21). The fourth-order valence-electron chi connectivity index (χ4n) is 2.15. The lowest BCUT2D eigenvalue weighted by atomic mass is 10.1. The molecule has 0 spiro atoms. The summed E-state index contributed by atoms with van der Waals surface area (Å²) in [7, 11) is 0. The third-order valence-corrected chi connectivity index (χ3v) is 3.37. The number of hydrogen-bond donors (Lipinski definition) is 2. The molecule has 0 radical (unpaired) electrons. The summed E-state index contributed by atoms with van der Waals surface area (Å²) in [4.78, 5) is 4.46. The third-order valence-electron chi connectivity index (χ3n) is 3.37. The highest BCUT2D eigenvalue weighted by Gasteiger charge is 2.07. The summed E-state index contributed by atoms with van der Waals surface area (Å²) in [5.74, 6) is 1.29. The SMILES string of the molecule is CCCCNc1cnnc(Nc2c(C)cccc2CC)n1. The quantitative estimate of drug-likeness (QED) is 0.759. The van der Waals surface area contributed by atoms with Crippen LogP contribution in [0.5, 0.6) is 0 Å². The number of unbranched alkanes of at least 4 members (excludes halogenated alkanes) is 1. The molecular weight excluding hydrogens is 262 g/mol. The topological polar surface area (TPSA) is 62.7 Å². The number of rotatable bonds is 7. The Hall–Kier alpha value is -2.17. The molecule has 0 fully saturated rings. The Bertz CT molecular complexity index is 583. The second-order valence-electron chi connectivity index (χ2n) is 5.03. The molecule has 0 aliphatic rings. The molecule has 0 saturated heterocycles. The fraction of sp³-hybridized carbons (Fsp3) is 0.438. The number of nitrogens with one attached hydrogen (secondary N) is 2. The van der Waals surface area contributed by atoms with Gasteiger partial charge in [0.2, 0.25) is 5.95 Å². The van der Waals surface area contributed by atoms with Crippen LogP contribution >= 0.6 is 0 Å². The lowest BCUT2D eigenvalue weighted by molar-refractivity contribution is 0.827. The van der Waals surface area contributed by atoms with Gasteiger partial charge in [-0.05, 0) is 30.9 Å². The van der Waals surface area contributed by atoms with E-state index in [1.165, 1.54) is 11.1 Å². The highest BCUT2D eigenvalue weighted by atomic mass is 15.3. The molecule has 0 bridgehead atoms. The second kappa shape index (κ2) is 7.57. The van der Waals surface area contributed by atoms with E-state index >= 15 is 0 Å². The first-order chi connectivity index (χ1) is 10.2. The van der Waals surface area contributed by atoms with E-state index in [-0.39, 0.29) is 0 Å². The number of hydrogen-bond acceptors (Lipinski definition) is 5. The van der Waals surface area contributed by atoms with E-state index in [9.17, 15) is 0 Å². The van der Waals surface area contributed by atoms with Crippen molar-refractivity contribution in [2.45, 2.75) is 40.0 Å². The van der Waals surface area contributed by atoms with Gasteiger partial charge in [0.25, 0.3) is 0 Å². The van der Waals surface area contributed by atoms with Crippen LogP contribution in [0, 0.1) is 6.92 Å². The van der Waals surface area contributed by atoms with Crippen LogP contribution in [-0.2, 0) is 6.42 Å². The molecule has 1 heterocycles. The molecule has 5 heteroatoms. The third kappa shape index (κ3) is 4.15. The van der Waals surface area contributed by atoms with Crippen molar-refractivity contribution in [1.82, 2.24) is 15.2 Å². The molecule has 0 aliphatic heterocycles. The average Bonchev–Trinajstić information content (AvgIpc) is 2.50. The molecule has 2 rings (SSSR count). The van der Waals surface area contributed by atoms with Crippen molar-refractivity contribution in [2.75, 3.05) is 17.2 Å². The lowest BCUT2D eigenvalue weighted by Crippen LogP contribution is -2.07. The monoisotopic (exact) mass is 285 g/mol. The van der Waals surface area contributed by atoms with Crippen LogP contribution in [0.2, 0.25) is 0 Å². The lowest BCUT2D eigenvalue weighted by Gasteiger charge is -2.13. The van der Waals surface area contributed by atoms with Gasteiger partial charge >= 0.3 is 0 Å². The first-order valence-corrected chi connectivity index (χ1v) is 7.53. The van der Waals surface area contributed by atoms with Gasteiger partial charge in [-0.3, -0.25) is 0 Å². The molecular formula is C16H23N5. The highest BCUT2D eigenvalue weighted by Crippen LogP contribution is 2.23. The first kappa shape index (κ1) is 15.2. The van der Waals surface area contributed by atoms with Gasteiger partial charge in [0, 0.05) is 12.2 Å². The van der Waals surface area contributed by atoms with Crippen LogP contribution in [0.3, 0.4) is 0 Å². The van der Waals surface area contributed by atoms with Crippen LogP contribution in [0.1, 0.15) is 37.8 Å². The smallest absolute Gasteiger partial charge is 0.249 e. The van der Waals surface area contributed by atoms with Crippen molar-refractivity contribution < 1.29 is 0 Å². The minimum atomic E-state index is 0.528. The first-order valence-electron chi connectivity index (χ1n) is 7.53. The van der Waals surface area contributed by atoms with Crippen molar-refractivity contribution in [3.63, 3.8) is 0 Å². The molecule has 0 saturated carbocycles. The number of para-hydroxylation sites is 1. The summed E-state index contributed by atoms with van der Waals surface area (Å²) in [6.45, 7) is 7.29. The van der Waals surface area contributed by atoms with Gasteiger partial charge in [-0.1, -0.05) is 38.5 Å². The maximum Gasteiger partial charge on any atom is 0.249 e. The van der Waals surface area contributed by atoms with E-state index in [1.807, 2.05) is 0 Å². The minimum absolute atomic E-state index is 0.528. The van der Waals surface area contributed by atoms with Gasteiger partial charge in [0.05, 0.1) is 6.20 Å². The molecule has 0 unspecified atom stereocenters. The summed E-state index contributed by atoms with van der Waals surface area (Å²) in [6, 6.07) is 6.27. The Labute approximate surface area is 126 Å². The molecule has 0 aliphatic carbocycles. The van der Waals surface area contributed by atoms with Crippen molar-refractivity contribution in [3.8, 4) is 0 Å². The minimum Gasteiger partial charge on any atom is -0.369 e. The Kier molecular flexibility index (Phi) is 5.49. The average molecular weight is 285 g/mol. The number of nitrogens with zero attached hydrogens (tertiary/aromatic N) is 3. The number of aromatic nitrogens is 3. The number of aryl methyl sites for hydroxylation is 2. The molecule has 0 amide bonds. The van der Waals surface area contributed by atoms with E-state index in [2.05, 4.69) is 64.8 Å². The van der Waals surface area contributed by atoms with E-state index < -0.39 is 0 Å². The maximum absolute atomic E-state index is 4.46. The van der Waals surface area contributed by atoms with Gasteiger partial charge in [0.1, 0.15) is 0 Å². The molecule has 0 atom stereocenters. The predicted octanol–water partition coefficient (Wildman–Crippen LogP) is 3.70. The normalized spacial score (nSPS) is 10.4. The van der Waals surface area contributed by atoms with Gasteiger partial charge in [-0.2, -0.15) is 10.1 Å². The predicted molar refractivity (Wildman–Crippen MR) is 87.1 cm³/mol. The van der Waals surface area contributed by atoms with Gasteiger partial charge < -0.3 is 10.6 Å². The van der Waals surface area contributed by atoms with Crippen LogP contribution in [0.15, 0.2) is 24.4 Å². The summed E-state index contributed by atoms with van der Waals surface area (Å²) in [5.41, 5.74) is 3.51. The van der Waals surface area contributed by atoms with Crippen LogP contribution in [0.4, 0.5) is 17.5 Å². The molecule has 1 aromatic heterocycles. The summed E-state index contributed by atoms with van der Waals surface area (Å²) >= 11 is 0. The zero-order valence-corrected chi connectivity index (χ0v) is 13.0. The van der Waals surface area contributed by atoms with Crippen molar-refractivity contribution >= 4 is 17.5 Å². The molecule has 5 nitrogen and oxygen atoms in total. The van der Waals surface area contributed by atoms with Crippen molar-refractivity contribution in [2.24, 2.45) is 0 Å². The highest BCUT2D eigenvalue weighted by molar-refractivity contribution is 5.63. The summed E-state index contributed by atoms with van der Waals surface area (Å²) in [6.07, 6.45) is 4.88. The molecule has 21 heavy (non-hydrogen) atoms. The van der Waals surface area contributed by atoms with E-state index in [0.29, 0.717) is 5.95 Å². The Morgan fingerprint density at radius 1 is 1.19 bits per heavy atom. The van der Waals surface area contributed by atoms with E-state index in [1.54, 1.807) is 6.20 Å². The Balaban J connectivity index is 2.14.